The Kier molecular flexibility index (Phi) is 5.99. The van der Waals surface area contributed by atoms with Crippen molar-refractivity contribution in [2.24, 2.45) is 0 Å². The zero-order valence-electron chi connectivity index (χ0n) is 12.6. The molecule has 0 aliphatic heterocycles. The maximum Gasteiger partial charge on any atom is 0.152 e. The van der Waals surface area contributed by atoms with Gasteiger partial charge in [0.1, 0.15) is 5.52 Å². The SMILES string of the molecule is CCCCCCCC(OCC)n1nnc2ccccc21. The number of para-hydroxylation sites is 1. The predicted molar refractivity (Wildman–Crippen MR) is 81.6 cm³/mol. The Bertz CT molecular complexity index is 509. The highest BCUT2D eigenvalue weighted by Crippen LogP contribution is 2.22. The zero-order valence-corrected chi connectivity index (χ0v) is 12.6. The summed E-state index contributed by atoms with van der Waals surface area (Å²) in [6.07, 6.45) is 7.38. The maximum absolute atomic E-state index is 5.86. The van der Waals surface area contributed by atoms with Crippen molar-refractivity contribution in [2.75, 3.05) is 6.61 Å². The summed E-state index contributed by atoms with van der Waals surface area (Å²) in [7, 11) is 0. The lowest BCUT2D eigenvalue weighted by Crippen LogP contribution is -2.14. The quantitative estimate of drug-likeness (QED) is 0.640. The van der Waals surface area contributed by atoms with Gasteiger partial charge in [-0.2, -0.15) is 0 Å². The third kappa shape index (κ3) is 3.79. The molecule has 0 spiro atoms. The molecule has 1 atom stereocenters. The molecule has 20 heavy (non-hydrogen) atoms. The summed E-state index contributed by atoms with van der Waals surface area (Å²) in [4.78, 5) is 0. The summed E-state index contributed by atoms with van der Waals surface area (Å²) < 4.78 is 7.79. The minimum Gasteiger partial charge on any atom is -0.357 e. The Morgan fingerprint density at radius 1 is 1.10 bits per heavy atom. The summed E-state index contributed by atoms with van der Waals surface area (Å²) in [6, 6.07) is 8.05. The number of ether oxygens (including phenoxy) is 1. The molecular formula is C16H25N3O. The number of benzene rings is 1. The minimum atomic E-state index is 0.00836. The lowest BCUT2D eigenvalue weighted by Gasteiger charge is -2.17. The van der Waals surface area contributed by atoms with Crippen LogP contribution in [0.3, 0.4) is 0 Å². The monoisotopic (exact) mass is 275 g/mol. The van der Waals surface area contributed by atoms with Crippen LogP contribution in [-0.2, 0) is 4.74 Å². The van der Waals surface area contributed by atoms with E-state index in [2.05, 4.69) is 23.3 Å². The first-order chi connectivity index (χ1) is 9.86. The molecule has 2 rings (SSSR count). The van der Waals surface area contributed by atoms with Crippen molar-refractivity contribution in [3.05, 3.63) is 24.3 Å². The smallest absolute Gasteiger partial charge is 0.152 e. The molecule has 4 heteroatoms. The molecule has 0 radical (unpaired) electrons. The molecule has 0 bridgehead atoms. The van der Waals surface area contributed by atoms with Gasteiger partial charge in [0.15, 0.2) is 6.23 Å². The van der Waals surface area contributed by atoms with Gasteiger partial charge in [0.2, 0.25) is 0 Å². The van der Waals surface area contributed by atoms with E-state index in [0.29, 0.717) is 6.61 Å². The second kappa shape index (κ2) is 8.00. The largest absolute Gasteiger partial charge is 0.357 e. The topological polar surface area (TPSA) is 39.9 Å². The van der Waals surface area contributed by atoms with Gasteiger partial charge in [0, 0.05) is 6.61 Å². The first-order valence-corrected chi connectivity index (χ1v) is 7.78. The Hall–Kier alpha value is -1.42. The lowest BCUT2D eigenvalue weighted by atomic mass is 10.1. The van der Waals surface area contributed by atoms with Crippen LogP contribution in [0.25, 0.3) is 11.0 Å². The van der Waals surface area contributed by atoms with Gasteiger partial charge in [-0.15, -0.1) is 5.10 Å². The number of aromatic nitrogens is 3. The molecule has 1 aromatic carbocycles. The van der Waals surface area contributed by atoms with E-state index in [1.54, 1.807) is 0 Å². The van der Waals surface area contributed by atoms with Crippen LogP contribution >= 0.6 is 0 Å². The highest BCUT2D eigenvalue weighted by Gasteiger charge is 2.15. The normalized spacial score (nSPS) is 12.9. The van der Waals surface area contributed by atoms with Gasteiger partial charge >= 0.3 is 0 Å². The number of rotatable bonds is 9. The zero-order chi connectivity index (χ0) is 14.2. The van der Waals surface area contributed by atoms with Crippen molar-refractivity contribution >= 4 is 11.0 Å². The van der Waals surface area contributed by atoms with Crippen LogP contribution in [0.15, 0.2) is 24.3 Å². The molecule has 0 N–H and O–H groups in total. The maximum atomic E-state index is 5.86. The van der Waals surface area contributed by atoms with E-state index in [-0.39, 0.29) is 6.23 Å². The Morgan fingerprint density at radius 2 is 1.90 bits per heavy atom. The van der Waals surface area contributed by atoms with E-state index >= 15 is 0 Å². The Morgan fingerprint density at radius 3 is 2.70 bits per heavy atom. The molecule has 0 fully saturated rings. The van der Waals surface area contributed by atoms with E-state index in [9.17, 15) is 0 Å². The van der Waals surface area contributed by atoms with Crippen LogP contribution in [-0.4, -0.2) is 21.6 Å². The summed E-state index contributed by atoms with van der Waals surface area (Å²) in [5.41, 5.74) is 1.99. The molecule has 0 aliphatic carbocycles. The number of nitrogens with zero attached hydrogens (tertiary/aromatic N) is 3. The second-order valence-corrected chi connectivity index (χ2v) is 5.14. The van der Waals surface area contributed by atoms with Crippen molar-refractivity contribution in [3.63, 3.8) is 0 Å². The fourth-order valence-electron chi connectivity index (χ4n) is 2.49. The van der Waals surface area contributed by atoms with Crippen molar-refractivity contribution < 1.29 is 4.74 Å². The minimum absolute atomic E-state index is 0.00836. The Balaban J connectivity index is 2.00. The molecule has 4 nitrogen and oxygen atoms in total. The molecular weight excluding hydrogens is 250 g/mol. The summed E-state index contributed by atoms with van der Waals surface area (Å²) in [6.45, 7) is 4.97. The van der Waals surface area contributed by atoms with Gasteiger partial charge in [-0.25, -0.2) is 4.68 Å². The van der Waals surface area contributed by atoms with Gasteiger partial charge in [-0.05, 0) is 31.9 Å². The van der Waals surface area contributed by atoms with Crippen LogP contribution in [0.5, 0.6) is 0 Å². The third-order valence-electron chi connectivity index (χ3n) is 3.56. The van der Waals surface area contributed by atoms with E-state index in [1.165, 1.54) is 32.1 Å². The standard InChI is InChI=1S/C16H25N3O/c1-3-5-6-7-8-13-16(20-4-2)19-15-12-10-9-11-14(15)17-18-19/h9-12,16H,3-8,13H2,1-2H3. The number of fused-ring (bicyclic) bond motifs is 1. The molecule has 1 heterocycles. The fourth-order valence-corrected chi connectivity index (χ4v) is 2.49. The average Bonchev–Trinajstić information content (AvgIpc) is 2.90. The van der Waals surface area contributed by atoms with Gasteiger partial charge in [0.25, 0.3) is 0 Å². The molecule has 2 aromatic rings. The molecule has 1 aromatic heterocycles. The molecule has 1 unspecified atom stereocenters. The van der Waals surface area contributed by atoms with E-state index in [4.69, 9.17) is 4.74 Å². The van der Waals surface area contributed by atoms with E-state index in [0.717, 1.165) is 17.5 Å². The summed E-state index contributed by atoms with van der Waals surface area (Å²) in [5.74, 6) is 0. The second-order valence-electron chi connectivity index (χ2n) is 5.14. The average molecular weight is 275 g/mol. The van der Waals surface area contributed by atoms with Crippen molar-refractivity contribution in [2.45, 2.75) is 58.6 Å². The van der Waals surface area contributed by atoms with Crippen LogP contribution < -0.4 is 0 Å². The number of unbranched alkanes of at least 4 members (excludes halogenated alkanes) is 4. The van der Waals surface area contributed by atoms with Gasteiger partial charge in [-0.1, -0.05) is 50.0 Å². The predicted octanol–water partition coefficient (Wildman–Crippen LogP) is 4.33. The third-order valence-corrected chi connectivity index (χ3v) is 3.56. The first-order valence-electron chi connectivity index (χ1n) is 7.78. The molecule has 110 valence electrons. The Labute approximate surface area is 121 Å². The molecule has 0 amide bonds. The van der Waals surface area contributed by atoms with Gasteiger partial charge in [0.05, 0.1) is 5.52 Å². The van der Waals surface area contributed by atoms with Crippen molar-refractivity contribution in [1.82, 2.24) is 15.0 Å². The van der Waals surface area contributed by atoms with Crippen molar-refractivity contribution in [3.8, 4) is 0 Å². The van der Waals surface area contributed by atoms with E-state index < -0.39 is 0 Å². The van der Waals surface area contributed by atoms with Crippen molar-refractivity contribution in [1.29, 1.82) is 0 Å². The summed E-state index contributed by atoms with van der Waals surface area (Å²) >= 11 is 0. The lowest BCUT2D eigenvalue weighted by molar-refractivity contribution is -0.00431. The first kappa shape index (κ1) is 15.0. The molecule has 0 saturated carbocycles. The van der Waals surface area contributed by atoms with Crippen LogP contribution in [0.2, 0.25) is 0 Å². The molecule has 0 saturated heterocycles. The van der Waals surface area contributed by atoms with Gasteiger partial charge in [-0.3, -0.25) is 0 Å². The van der Waals surface area contributed by atoms with Crippen LogP contribution in [0.4, 0.5) is 0 Å². The van der Waals surface area contributed by atoms with Crippen LogP contribution in [0, 0.1) is 0 Å². The fraction of sp³-hybridized carbons (Fsp3) is 0.625. The highest BCUT2D eigenvalue weighted by molar-refractivity contribution is 5.73. The number of hydrogen-bond acceptors (Lipinski definition) is 3. The van der Waals surface area contributed by atoms with E-state index in [1.807, 2.05) is 29.8 Å². The molecule has 0 aliphatic rings. The highest BCUT2D eigenvalue weighted by atomic mass is 16.5. The number of hydrogen-bond donors (Lipinski definition) is 0. The van der Waals surface area contributed by atoms with Crippen LogP contribution in [0.1, 0.15) is 58.6 Å². The summed E-state index contributed by atoms with van der Waals surface area (Å²) in [5, 5.41) is 8.48. The van der Waals surface area contributed by atoms with Gasteiger partial charge < -0.3 is 4.74 Å².